The fourth-order valence-corrected chi connectivity index (χ4v) is 8.16. The van der Waals surface area contributed by atoms with Crippen LogP contribution in [0.25, 0.3) is 11.1 Å². The van der Waals surface area contributed by atoms with Crippen LogP contribution in [-0.4, -0.2) is 84.4 Å². The number of aryl methyl sites for hydroxylation is 1. The third kappa shape index (κ3) is 7.72. The summed E-state index contributed by atoms with van der Waals surface area (Å²) in [6.45, 7) is 16.0. The number of nitrogens with zero attached hydrogens (tertiary/aromatic N) is 4. The fourth-order valence-electron chi connectivity index (χ4n) is 6.82. The van der Waals surface area contributed by atoms with Crippen LogP contribution in [0.4, 0.5) is 4.39 Å². The molecule has 3 aliphatic rings. The summed E-state index contributed by atoms with van der Waals surface area (Å²) in [5.74, 6) is -0.896. The van der Waals surface area contributed by atoms with Gasteiger partial charge < -0.3 is 23.4 Å². The van der Waals surface area contributed by atoms with E-state index < -0.39 is 14.1 Å². The lowest BCUT2D eigenvalue weighted by Crippen LogP contribution is -2.57. The van der Waals surface area contributed by atoms with E-state index in [9.17, 15) is 4.79 Å². The molecule has 8 nitrogen and oxygen atoms in total. The predicted molar refractivity (Wildman–Crippen MR) is 184 cm³/mol. The first-order valence-electron chi connectivity index (χ1n) is 17.2. The van der Waals surface area contributed by atoms with Crippen LogP contribution in [0.1, 0.15) is 68.1 Å². The van der Waals surface area contributed by atoms with Crippen molar-refractivity contribution in [2.45, 2.75) is 95.5 Å². The van der Waals surface area contributed by atoms with E-state index in [1.54, 1.807) is 23.2 Å². The maximum Gasteiger partial charge on any atom is 0.274 e. The molecule has 2 aliphatic heterocycles. The van der Waals surface area contributed by atoms with Gasteiger partial charge in [0.15, 0.2) is 14.1 Å². The van der Waals surface area contributed by atoms with Crippen LogP contribution in [0.5, 0.6) is 0 Å². The molecule has 0 atom stereocenters. The van der Waals surface area contributed by atoms with Gasteiger partial charge in [0.25, 0.3) is 5.91 Å². The van der Waals surface area contributed by atoms with E-state index in [4.69, 9.17) is 13.9 Å². The summed E-state index contributed by atoms with van der Waals surface area (Å²) in [6, 6.07) is 13.4. The summed E-state index contributed by atoms with van der Waals surface area (Å²) in [4.78, 5) is 22.5. The molecule has 47 heavy (non-hydrogen) atoms. The molecule has 2 saturated heterocycles. The van der Waals surface area contributed by atoms with Crippen molar-refractivity contribution in [1.29, 1.82) is 0 Å². The lowest BCUT2D eigenvalue weighted by Gasteiger charge is -2.46. The molecule has 0 radical (unpaired) electrons. The molecule has 1 aliphatic carbocycles. The zero-order chi connectivity index (χ0) is 33.4. The highest BCUT2D eigenvalue weighted by Gasteiger charge is 2.43. The largest absolute Gasteiger partial charge is 0.411 e. The number of rotatable bonds is 10. The molecule has 1 aromatic heterocycles. The lowest BCUT2D eigenvalue weighted by atomic mass is 9.88. The molecule has 1 spiro atoms. The number of benzene rings is 2. The molecular formula is C37H51FN4O4Si. The van der Waals surface area contributed by atoms with Crippen molar-refractivity contribution in [3.8, 4) is 11.1 Å². The molecule has 0 N–H and O–H groups in total. The Hall–Kier alpha value is -2.89. The maximum atomic E-state index is 15.4. The molecule has 0 unspecified atom stereocenters. The van der Waals surface area contributed by atoms with Gasteiger partial charge in [0.05, 0.1) is 25.6 Å². The van der Waals surface area contributed by atoms with Gasteiger partial charge in [-0.3, -0.25) is 9.69 Å². The molecule has 3 heterocycles. The van der Waals surface area contributed by atoms with Gasteiger partial charge >= 0.3 is 0 Å². The third-order valence-electron chi connectivity index (χ3n) is 10.7. The first-order valence-corrected chi connectivity index (χ1v) is 20.1. The molecule has 3 fully saturated rings. The van der Waals surface area contributed by atoms with Gasteiger partial charge in [-0.25, -0.2) is 9.37 Å². The summed E-state index contributed by atoms with van der Waals surface area (Å²) in [6.07, 6.45) is 7.65. The second-order valence-electron chi connectivity index (χ2n) is 15.2. The molecular weight excluding hydrogens is 612 g/mol. The number of amides is 1. The zero-order valence-electron chi connectivity index (χ0n) is 28.9. The second-order valence-corrected chi connectivity index (χ2v) is 20.0. The number of ether oxygens (including phenoxy) is 2. The normalized spacial score (nSPS) is 19.3. The van der Waals surface area contributed by atoms with Crippen LogP contribution in [0.2, 0.25) is 18.1 Å². The van der Waals surface area contributed by atoms with Crippen molar-refractivity contribution in [2.24, 2.45) is 7.05 Å². The Balaban J connectivity index is 1.13. The van der Waals surface area contributed by atoms with Crippen LogP contribution >= 0.6 is 0 Å². The number of carbonyl (C=O) groups excluding carboxylic acids is 1. The Morgan fingerprint density at radius 1 is 1.09 bits per heavy atom. The summed E-state index contributed by atoms with van der Waals surface area (Å²) in [5, 5.41) is 0.215. The van der Waals surface area contributed by atoms with Gasteiger partial charge in [-0.05, 0) is 66.2 Å². The summed E-state index contributed by atoms with van der Waals surface area (Å²) in [5.41, 5.74) is 3.88. The van der Waals surface area contributed by atoms with Crippen molar-refractivity contribution in [3.05, 3.63) is 77.6 Å². The van der Waals surface area contributed by atoms with E-state index in [0.29, 0.717) is 37.1 Å². The van der Waals surface area contributed by atoms with Crippen LogP contribution in [0.3, 0.4) is 0 Å². The van der Waals surface area contributed by atoms with E-state index in [-0.39, 0.29) is 22.8 Å². The number of hydrogen-bond acceptors (Lipinski definition) is 6. The molecule has 2 aromatic carbocycles. The van der Waals surface area contributed by atoms with Gasteiger partial charge in [0.1, 0.15) is 11.5 Å². The van der Waals surface area contributed by atoms with Crippen molar-refractivity contribution in [1.82, 2.24) is 19.4 Å². The van der Waals surface area contributed by atoms with Crippen molar-refractivity contribution < 1.29 is 23.1 Å². The van der Waals surface area contributed by atoms with E-state index in [2.05, 4.69) is 55.9 Å². The highest BCUT2D eigenvalue weighted by Crippen LogP contribution is 2.39. The van der Waals surface area contributed by atoms with E-state index in [1.165, 1.54) is 11.6 Å². The minimum absolute atomic E-state index is 0.00754. The Labute approximate surface area is 280 Å². The molecule has 6 rings (SSSR count). The highest BCUT2D eigenvalue weighted by molar-refractivity contribution is 6.74. The molecule has 1 saturated carbocycles. The Morgan fingerprint density at radius 2 is 1.81 bits per heavy atom. The van der Waals surface area contributed by atoms with Crippen molar-refractivity contribution in [2.75, 3.05) is 32.8 Å². The van der Waals surface area contributed by atoms with Gasteiger partial charge in [0.2, 0.25) is 0 Å². The quantitative estimate of drug-likeness (QED) is 0.223. The molecule has 10 heteroatoms. The number of carbonyl (C=O) groups is 1. The van der Waals surface area contributed by atoms with Crippen molar-refractivity contribution >= 4 is 14.2 Å². The minimum atomic E-state index is -1.76. The monoisotopic (exact) mass is 662 g/mol. The fraction of sp³-hybridized carbons (Fsp3) is 0.568. The number of imidazole rings is 1. The Morgan fingerprint density at radius 3 is 2.47 bits per heavy atom. The maximum absolute atomic E-state index is 15.4. The molecule has 1 amide bonds. The first-order chi connectivity index (χ1) is 22.3. The summed E-state index contributed by atoms with van der Waals surface area (Å²) < 4.78 is 35.6. The predicted octanol–water partition coefficient (Wildman–Crippen LogP) is 6.80. The van der Waals surface area contributed by atoms with E-state index in [0.717, 1.165) is 62.9 Å². The van der Waals surface area contributed by atoms with Gasteiger partial charge in [-0.1, -0.05) is 51.1 Å². The SMILES string of the molecule is Cn1cnc(C(=O)N(Cc2ccc(F)c(-c3cccc(CCN4CC(O[Si](C)(C)C(C)(C)C)C4)c3)c2)C2CCC3(CC2)OCCO3)c1. The van der Waals surface area contributed by atoms with Crippen molar-refractivity contribution in [3.63, 3.8) is 0 Å². The van der Waals surface area contributed by atoms with Crippen LogP contribution in [-0.2, 0) is 33.9 Å². The number of halogens is 1. The van der Waals surface area contributed by atoms with E-state index >= 15 is 4.39 Å². The minimum Gasteiger partial charge on any atom is -0.411 e. The molecule has 254 valence electrons. The topological polar surface area (TPSA) is 69.1 Å². The second kappa shape index (κ2) is 13.5. The third-order valence-corrected chi connectivity index (χ3v) is 15.2. The number of hydrogen-bond donors (Lipinski definition) is 0. The van der Waals surface area contributed by atoms with Crippen LogP contribution < -0.4 is 0 Å². The zero-order valence-corrected chi connectivity index (χ0v) is 29.9. The van der Waals surface area contributed by atoms with Gasteiger partial charge in [-0.15, -0.1) is 0 Å². The van der Waals surface area contributed by atoms with Gasteiger partial charge in [-0.2, -0.15) is 0 Å². The Kier molecular flexibility index (Phi) is 9.80. The summed E-state index contributed by atoms with van der Waals surface area (Å²) >= 11 is 0. The lowest BCUT2D eigenvalue weighted by molar-refractivity contribution is -0.183. The van der Waals surface area contributed by atoms with E-state index in [1.807, 2.05) is 30.1 Å². The van der Waals surface area contributed by atoms with Crippen LogP contribution in [0.15, 0.2) is 55.0 Å². The average molecular weight is 663 g/mol. The highest BCUT2D eigenvalue weighted by atomic mass is 28.4. The van der Waals surface area contributed by atoms with Gasteiger partial charge in [0, 0.05) is 63.9 Å². The van der Waals surface area contributed by atoms with Crippen LogP contribution in [0, 0.1) is 5.82 Å². The number of likely N-dealkylation sites (tertiary alicyclic amines) is 1. The average Bonchev–Trinajstić information content (AvgIpc) is 3.66. The molecule has 0 bridgehead atoms. The first kappa shape index (κ1) is 34.0. The molecule has 3 aromatic rings. The smallest absolute Gasteiger partial charge is 0.274 e. The number of aromatic nitrogens is 2. The Bertz CT molecular complexity index is 1550. The standard InChI is InChI=1S/C37H51FN4O4Si/c1-36(2,3)47(5,6)46-31-23-41(24-31)17-14-27-8-7-9-29(20-27)32-21-28(10-11-33(32)38)22-42(35(43)34-25-40(4)26-39-34)30-12-15-37(16-13-30)44-18-19-45-37/h7-11,20-21,25-26,30-31H,12-19,22-24H2,1-6H3. The summed E-state index contributed by atoms with van der Waals surface area (Å²) in [7, 11) is 0.102.